The van der Waals surface area contributed by atoms with Gasteiger partial charge in [0.1, 0.15) is 5.60 Å². The molecule has 0 radical (unpaired) electrons. The number of hydrogen-bond acceptors (Lipinski definition) is 4. The molecule has 0 spiro atoms. The van der Waals surface area contributed by atoms with Crippen LogP contribution in [0.1, 0.15) is 48.0 Å². The van der Waals surface area contributed by atoms with Crippen molar-refractivity contribution in [3.8, 4) is 0 Å². The molecule has 2 amide bonds. The summed E-state index contributed by atoms with van der Waals surface area (Å²) in [6.45, 7) is 12.3. The molecule has 0 saturated heterocycles. The van der Waals surface area contributed by atoms with Gasteiger partial charge in [0.2, 0.25) is 5.91 Å². The standard InChI is InChI=1S/C14H29N3O3/c1-10(2)17-12(18)11(3)15-8-7-9-16-13(19)20-14(4,5)6/h10-11,15H,7-9H2,1-6H3,(H,16,19)(H,17,18). The Morgan fingerprint density at radius 1 is 1.10 bits per heavy atom. The van der Waals surface area contributed by atoms with Gasteiger partial charge in [-0.3, -0.25) is 4.79 Å². The number of alkyl carbamates (subject to hydrolysis) is 1. The molecule has 0 bridgehead atoms. The lowest BCUT2D eigenvalue weighted by Crippen LogP contribution is -2.45. The second kappa shape index (κ2) is 8.79. The molecule has 0 fully saturated rings. The number of rotatable bonds is 7. The Kier molecular flexibility index (Phi) is 8.22. The van der Waals surface area contributed by atoms with E-state index in [1.165, 1.54) is 0 Å². The Hall–Kier alpha value is -1.30. The maximum absolute atomic E-state index is 11.6. The molecule has 0 heterocycles. The lowest BCUT2D eigenvalue weighted by Gasteiger charge is -2.20. The van der Waals surface area contributed by atoms with Crippen molar-refractivity contribution in [1.29, 1.82) is 0 Å². The summed E-state index contributed by atoms with van der Waals surface area (Å²) in [6.07, 6.45) is 0.321. The molecule has 0 aromatic carbocycles. The van der Waals surface area contributed by atoms with Gasteiger partial charge in [0.25, 0.3) is 0 Å². The third-order valence-corrected chi connectivity index (χ3v) is 2.30. The van der Waals surface area contributed by atoms with Crippen molar-refractivity contribution in [3.63, 3.8) is 0 Å². The predicted octanol–water partition coefficient (Wildman–Crippen LogP) is 1.40. The average molecular weight is 287 g/mol. The number of amides is 2. The highest BCUT2D eigenvalue weighted by Gasteiger charge is 2.15. The molecule has 0 aromatic rings. The molecule has 0 aliphatic carbocycles. The van der Waals surface area contributed by atoms with Crippen LogP contribution in [-0.4, -0.2) is 42.8 Å². The highest BCUT2D eigenvalue weighted by Crippen LogP contribution is 2.06. The molecule has 6 heteroatoms. The molecule has 6 nitrogen and oxygen atoms in total. The summed E-state index contributed by atoms with van der Waals surface area (Å²) in [5.41, 5.74) is -0.480. The van der Waals surface area contributed by atoms with Crippen molar-refractivity contribution in [2.45, 2.75) is 65.6 Å². The fraction of sp³-hybridized carbons (Fsp3) is 0.857. The molecule has 1 atom stereocenters. The van der Waals surface area contributed by atoms with Crippen molar-refractivity contribution in [3.05, 3.63) is 0 Å². The monoisotopic (exact) mass is 287 g/mol. The molecule has 0 saturated carbocycles. The van der Waals surface area contributed by atoms with Crippen LogP contribution in [0.4, 0.5) is 4.79 Å². The number of carbonyl (C=O) groups excluding carboxylic acids is 2. The summed E-state index contributed by atoms with van der Waals surface area (Å²) >= 11 is 0. The van der Waals surface area contributed by atoms with Crippen molar-refractivity contribution in [2.24, 2.45) is 0 Å². The molecule has 20 heavy (non-hydrogen) atoms. The summed E-state index contributed by atoms with van der Waals surface area (Å²) in [4.78, 5) is 23.0. The highest BCUT2D eigenvalue weighted by atomic mass is 16.6. The van der Waals surface area contributed by atoms with E-state index in [1.807, 2.05) is 41.5 Å². The van der Waals surface area contributed by atoms with E-state index >= 15 is 0 Å². The van der Waals surface area contributed by atoms with Crippen LogP contribution in [0.15, 0.2) is 0 Å². The zero-order valence-corrected chi connectivity index (χ0v) is 13.5. The first kappa shape index (κ1) is 18.7. The maximum atomic E-state index is 11.6. The number of hydrogen-bond donors (Lipinski definition) is 3. The molecule has 3 N–H and O–H groups in total. The molecule has 0 rings (SSSR count). The highest BCUT2D eigenvalue weighted by molar-refractivity contribution is 5.81. The molecule has 1 unspecified atom stereocenters. The van der Waals surface area contributed by atoms with Gasteiger partial charge >= 0.3 is 6.09 Å². The first-order chi connectivity index (χ1) is 9.11. The predicted molar refractivity (Wildman–Crippen MR) is 79.6 cm³/mol. The van der Waals surface area contributed by atoms with Crippen LogP contribution in [0.5, 0.6) is 0 Å². The second-order valence-electron chi connectivity index (χ2n) is 6.12. The third-order valence-electron chi connectivity index (χ3n) is 2.30. The van der Waals surface area contributed by atoms with Gasteiger partial charge in [-0.15, -0.1) is 0 Å². The number of nitrogens with one attached hydrogen (secondary N) is 3. The van der Waals surface area contributed by atoms with E-state index < -0.39 is 11.7 Å². The van der Waals surface area contributed by atoms with E-state index in [2.05, 4.69) is 16.0 Å². The van der Waals surface area contributed by atoms with Gasteiger partial charge < -0.3 is 20.7 Å². The molecular formula is C14H29N3O3. The molecule has 0 aromatic heterocycles. The van der Waals surface area contributed by atoms with Crippen molar-refractivity contribution < 1.29 is 14.3 Å². The second-order valence-corrected chi connectivity index (χ2v) is 6.12. The van der Waals surface area contributed by atoms with E-state index in [-0.39, 0.29) is 18.0 Å². The summed E-state index contributed by atoms with van der Waals surface area (Å²) in [5, 5.41) is 8.61. The van der Waals surface area contributed by atoms with E-state index in [9.17, 15) is 9.59 Å². The normalized spacial score (nSPS) is 12.9. The maximum Gasteiger partial charge on any atom is 0.407 e. The molecule has 0 aliphatic heterocycles. The fourth-order valence-corrected chi connectivity index (χ4v) is 1.41. The first-order valence-corrected chi connectivity index (χ1v) is 7.12. The summed E-state index contributed by atoms with van der Waals surface area (Å²) in [7, 11) is 0. The van der Waals surface area contributed by atoms with E-state index in [0.29, 0.717) is 13.1 Å². The summed E-state index contributed by atoms with van der Waals surface area (Å²) in [5.74, 6) is -0.0138. The van der Waals surface area contributed by atoms with Crippen molar-refractivity contribution in [2.75, 3.05) is 13.1 Å². The zero-order valence-electron chi connectivity index (χ0n) is 13.5. The van der Waals surface area contributed by atoms with Gasteiger partial charge in [-0.25, -0.2) is 4.79 Å². The topological polar surface area (TPSA) is 79.5 Å². The third kappa shape index (κ3) is 10.6. The molecular weight excluding hydrogens is 258 g/mol. The van der Waals surface area contributed by atoms with Gasteiger partial charge in [-0.05, 0) is 54.5 Å². The minimum Gasteiger partial charge on any atom is -0.444 e. The zero-order chi connectivity index (χ0) is 15.8. The van der Waals surface area contributed by atoms with Crippen LogP contribution >= 0.6 is 0 Å². The molecule has 118 valence electrons. The van der Waals surface area contributed by atoms with Crippen LogP contribution in [-0.2, 0) is 9.53 Å². The Morgan fingerprint density at radius 3 is 2.20 bits per heavy atom. The first-order valence-electron chi connectivity index (χ1n) is 7.12. The Bertz CT molecular complexity index is 311. The lowest BCUT2D eigenvalue weighted by atomic mass is 10.2. The van der Waals surface area contributed by atoms with Gasteiger partial charge in [-0.2, -0.15) is 0 Å². The minimum absolute atomic E-state index is 0.0138. The quantitative estimate of drug-likeness (QED) is 0.618. The smallest absolute Gasteiger partial charge is 0.407 e. The van der Waals surface area contributed by atoms with Crippen LogP contribution < -0.4 is 16.0 Å². The van der Waals surface area contributed by atoms with Crippen LogP contribution in [0.3, 0.4) is 0 Å². The van der Waals surface area contributed by atoms with Gasteiger partial charge in [0.15, 0.2) is 0 Å². The van der Waals surface area contributed by atoms with Gasteiger partial charge in [-0.1, -0.05) is 0 Å². The van der Waals surface area contributed by atoms with E-state index in [4.69, 9.17) is 4.74 Å². The van der Waals surface area contributed by atoms with E-state index in [0.717, 1.165) is 6.42 Å². The van der Waals surface area contributed by atoms with Gasteiger partial charge in [0, 0.05) is 12.6 Å². The van der Waals surface area contributed by atoms with E-state index in [1.54, 1.807) is 0 Å². The average Bonchev–Trinajstić information content (AvgIpc) is 2.24. The number of carbonyl (C=O) groups is 2. The lowest BCUT2D eigenvalue weighted by molar-refractivity contribution is -0.123. The van der Waals surface area contributed by atoms with Crippen molar-refractivity contribution >= 4 is 12.0 Å². The fourth-order valence-electron chi connectivity index (χ4n) is 1.41. The largest absolute Gasteiger partial charge is 0.444 e. The Morgan fingerprint density at radius 2 is 1.70 bits per heavy atom. The Balaban J connectivity index is 3.67. The number of ether oxygens (including phenoxy) is 1. The summed E-state index contributed by atoms with van der Waals surface area (Å²) in [6, 6.07) is -0.0977. The van der Waals surface area contributed by atoms with Crippen molar-refractivity contribution in [1.82, 2.24) is 16.0 Å². The van der Waals surface area contributed by atoms with Gasteiger partial charge in [0.05, 0.1) is 6.04 Å². The van der Waals surface area contributed by atoms with Crippen LogP contribution in [0, 0.1) is 0 Å². The Labute approximate surface area is 122 Å². The molecule has 0 aliphatic rings. The van der Waals surface area contributed by atoms with Crippen LogP contribution in [0.2, 0.25) is 0 Å². The SMILES string of the molecule is CC(C)NC(=O)C(C)NCCCNC(=O)OC(C)(C)C. The van der Waals surface area contributed by atoms with Crippen LogP contribution in [0.25, 0.3) is 0 Å². The minimum atomic E-state index is -0.480. The summed E-state index contributed by atoms with van der Waals surface area (Å²) < 4.78 is 5.11.